The molecule has 3 aromatic rings. The Morgan fingerprint density at radius 2 is 1.96 bits per heavy atom. The molecule has 2 aromatic carbocycles. The number of carbonyl (C=O) groups excluding carboxylic acids is 2. The van der Waals surface area contributed by atoms with Gasteiger partial charge >= 0.3 is 0 Å². The van der Waals surface area contributed by atoms with Crippen molar-refractivity contribution in [1.82, 2.24) is 4.90 Å². The molecule has 0 unspecified atom stereocenters. The van der Waals surface area contributed by atoms with Gasteiger partial charge in [-0.3, -0.25) is 14.5 Å². The average Bonchev–Trinajstić information content (AvgIpc) is 3.19. The van der Waals surface area contributed by atoms with Crippen molar-refractivity contribution < 1.29 is 9.59 Å². The number of rotatable bonds is 4. The van der Waals surface area contributed by atoms with Gasteiger partial charge in [0.15, 0.2) is 0 Å². The maximum atomic E-state index is 12.7. The summed E-state index contributed by atoms with van der Waals surface area (Å²) in [4.78, 5) is 28.5. The molecule has 0 N–H and O–H groups in total. The molecular formula is C19H16N2O2S. The molecule has 0 saturated heterocycles. The standard InChI is InChI=1S/C19H16N2O2S/c1-20(10-13-8-9-24-12-13)17(22)11-21-16-7-3-5-14-4-2-6-15(18(14)16)19(21)23/h2-9,12H,10-11H2,1H3. The zero-order chi connectivity index (χ0) is 16.7. The van der Waals surface area contributed by atoms with Crippen LogP contribution in [0.25, 0.3) is 10.8 Å². The lowest BCUT2D eigenvalue weighted by atomic mass is 10.1. The van der Waals surface area contributed by atoms with Gasteiger partial charge in [-0.15, -0.1) is 0 Å². The highest BCUT2D eigenvalue weighted by Crippen LogP contribution is 2.36. The van der Waals surface area contributed by atoms with E-state index in [9.17, 15) is 9.59 Å². The second-order valence-corrected chi connectivity index (χ2v) is 6.73. The Labute approximate surface area is 143 Å². The van der Waals surface area contributed by atoms with E-state index < -0.39 is 0 Å². The summed E-state index contributed by atoms with van der Waals surface area (Å²) in [7, 11) is 1.77. The van der Waals surface area contributed by atoms with E-state index in [1.165, 1.54) is 0 Å². The highest BCUT2D eigenvalue weighted by molar-refractivity contribution is 7.07. The van der Waals surface area contributed by atoms with Gasteiger partial charge in [0.1, 0.15) is 6.54 Å². The number of benzene rings is 2. The van der Waals surface area contributed by atoms with Crippen LogP contribution in [0, 0.1) is 0 Å². The molecule has 2 amide bonds. The van der Waals surface area contributed by atoms with Crippen molar-refractivity contribution in [3.05, 3.63) is 64.4 Å². The first kappa shape index (κ1) is 14.9. The Hall–Kier alpha value is -2.66. The molecule has 4 nitrogen and oxygen atoms in total. The minimum atomic E-state index is -0.0981. The van der Waals surface area contributed by atoms with Crippen molar-refractivity contribution in [1.29, 1.82) is 0 Å². The minimum Gasteiger partial charge on any atom is -0.340 e. The van der Waals surface area contributed by atoms with Gasteiger partial charge in [-0.25, -0.2) is 0 Å². The quantitative estimate of drug-likeness (QED) is 0.731. The minimum absolute atomic E-state index is 0.0628. The summed E-state index contributed by atoms with van der Waals surface area (Å²) in [5, 5.41) is 5.99. The van der Waals surface area contributed by atoms with Gasteiger partial charge in [-0.05, 0) is 39.9 Å². The van der Waals surface area contributed by atoms with Crippen LogP contribution in [0.1, 0.15) is 15.9 Å². The summed E-state index contributed by atoms with van der Waals surface area (Å²) >= 11 is 1.61. The molecule has 0 aliphatic carbocycles. The predicted molar refractivity (Wildman–Crippen MR) is 96.4 cm³/mol. The average molecular weight is 336 g/mol. The third-order valence-corrected chi connectivity index (χ3v) is 5.10. The molecule has 0 saturated carbocycles. The van der Waals surface area contributed by atoms with E-state index in [2.05, 4.69) is 0 Å². The van der Waals surface area contributed by atoms with Crippen molar-refractivity contribution in [3.63, 3.8) is 0 Å². The molecule has 1 aliphatic heterocycles. The fourth-order valence-electron chi connectivity index (χ4n) is 3.14. The van der Waals surface area contributed by atoms with Crippen molar-refractivity contribution >= 4 is 39.6 Å². The van der Waals surface area contributed by atoms with E-state index in [0.29, 0.717) is 12.1 Å². The van der Waals surface area contributed by atoms with Gasteiger partial charge in [-0.1, -0.05) is 24.3 Å². The van der Waals surface area contributed by atoms with Gasteiger partial charge < -0.3 is 4.90 Å². The second-order valence-electron chi connectivity index (χ2n) is 5.95. The Morgan fingerprint density at radius 1 is 1.17 bits per heavy atom. The van der Waals surface area contributed by atoms with E-state index in [1.807, 2.05) is 53.2 Å². The van der Waals surface area contributed by atoms with E-state index in [4.69, 9.17) is 0 Å². The monoisotopic (exact) mass is 336 g/mol. The van der Waals surface area contributed by atoms with E-state index in [0.717, 1.165) is 22.0 Å². The van der Waals surface area contributed by atoms with Crippen LogP contribution in [0.4, 0.5) is 5.69 Å². The zero-order valence-corrected chi connectivity index (χ0v) is 14.0. The number of carbonyl (C=O) groups is 2. The van der Waals surface area contributed by atoms with Crippen LogP contribution in [0.5, 0.6) is 0 Å². The van der Waals surface area contributed by atoms with Gasteiger partial charge in [0.05, 0.1) is 5.69 Å². The van der Waals surface area contributed by atoms with Crippen molar-refractivity contribution in [2.24, 2.45) is 0 Å². The van der Waals surface area contributed by atoms with Gasteiger partial charge in [-0.2, -0.15) is 11.3 Å². The van der Waals surface area contributed by atoms with Gasteiger partial charge in [0, 0.05) is 24.5 Å². The summed E-state index contributed by atoms with van der Waals surface area (Å²) < 4.78 is 0. The van der Waals surface area contributed by atoms with E-state index in [-0.39, 0.29) is 18.4 Å². The normalized spacial score (nSPS) is 12.9. The molecule has 0 spiro atoms. The molecule has 5 heteroatoms. The van der Waals surface area contributed by atoms with Crippen LogP contribution in [0.2, 0.25) is 0 Å². The Balaban J connectivity index is 1.59. The van der Waals surface area contributed by atoms with Crippen molar-refractivity contribution in [2.45, 2.75) is 6.54 Å². The largest absolute Gasteiger partial charge is 0.340 e. The summed E-state index contributed by atoms with van der Waals surface area (Å²) in [6.45, 7) is 0.620. The molecule has 0 radical (unpaired) electrons. The first-order valence-electron chi connectivity index (χ1n) is 7.74. The lowest BCUT2D eigenvalue weighted by Gasteiger charge is -2.22. The van der Waals surface area contributed by atoms with E-state index in [1.54, 1.807) is 28.2 Å². The van der Waals surface area contributed by atoms with Crippen LogP contribution in [-0.4, -0.2) is 30.3 Å². The molecule has 2 heterocycles. The summed E-state index contributed by atoms with van der Waals surface area (Å²) in [5.41, 5.74) is 2.61. The number of hydrogen-bond donors (Lipinski definition) is 0. The topological polar surface area (TPSA) is 40.6 Å². The SMILES string of the molecule is CN(Cc1ccsc1)C(=O)CN1C(=O)c2cccc3cccc1c23. The Morgan fingerprint density at radius 3 is 2.71 bits per heavy atom. The van der Waals surface area contributed by atoms with Crippen LogP contribution in [-0.2, 0) is 11.3 Å². The fraction of sp³-hybridized carbons (Fsp3) is 0.158. The fourth-order valence-corrected chi connectivity index (χ4v) is 3.80. The molecule has 24 heavy (non-hydrogen) atoms. The summed E-state index contributed by atoms with van der Waals surface area (Å²) in [6, 6.07) is 13.5. The number of anilines is 1. The second kappa shape index (κ2) is 5.76. The molecule has 1 aromatic heterocycles. The van der Waals surface area contributed by atoms with Gasteiger partial charge in [0.2, 0.25) is 5.91 Å². The first-order valence-corrected chi connectivity index (χ1v) is 8.68. The first-order chi connectivity index (χ1) is 11.6. The molecule has 4 rings (SSSR count). The predicted octanol–water partition coefficient (Wildman–Crippen LogP) is 3.52. The summed E-state index contributed by atoms with van der Waals surface area (Å²) in [5.74, 6) is -0.168. The lowest BCUT2D eigenvalue weighted by molar-refractivity contribution is -0.128. The number of hydrogen-bond acceptors (Lipinski definition) is 3. The third-order valence-electron chi connectivity index (χ3n) is 4.37. The van der Waals surface area contributed by atoms with E-state index >= 15 is 0 Å². The maximum Gasteiger partial charge on any atom is 0.259 e. The van der Waals surface area contributed by atoms with Crippen molar-refractivity contribution in [2.75, 3.05) is 18.5 Å². The molecule has 1 aliphatic rings. The smallest absolute Gasteiger partial charge is 0.259 e. The van der Waals surface area contributed by atoms with Crippen LogP contribution in [0.3, 0.4) is 0 Å². The molecule has 0 atom stereocenters. The number of thiophene rings is 1. The highest BCUT2D eigenvalue weighted by Gasteiger charge is 2.31. The maximum absolute atomic E-state index is 12.7. The Bertz CT molecular complexity index is 928. The highest BCUT2D eigenvalue weighted by atomic mass is 32.1. The number of nitrogens with zero attached hydrogens (tertiary/aromatic N) is 2. The van der Waals surface area contributed by atoms with Crippen LogP contribution >= 0.6 is 11.3 Å². The molecule has 0 fully saturated rings. The third kappa shape index (κ3) is 2.37. The zero-order valence-electron chi connectivity index (χ0n) is 13.2. The Kier molecular flexibility index (Phi) is 3.58. The molecular weight excluding hydrogens is 320 g/mol. The van der Waals surface area contributed by atoms with Crippen LogP contribution in [0.15, 0.2) is 53.2 Å². The molecule has 0 bridgehead atoms. The molecule has 120 valence electrons. The van der Waals surface area contributed by atoms with Crippen molar-refractivity contribution in [3.8, 4) is 0 Å². The van der Waals surface area contributed by atoms with Crippen LogP contribution < -0.4 is 4.90 Å². The van der Waals surface area contributed by atoms with Gasteiger partial charge in [0.25, 0.3) is 5.91 Å². The lowest BCUT2D eigenvalue weighted by Crippen LogP contribution is -2.39. The number of likely N-dealkylation sites (N-methyl/N-ethyl adjacent to an activating group) is 1. The number of amides is 2. The summed E-state index contributed by atoms with van der Waals surface area (Å²) in [6.07, 6.45) is 0.